The van der Waals surface area contributed by atoms with E-state index in [2.05, 4.69) is 5.32 Å². The Morgan fingerprint density at radius 2 is 2.00 bits per heavy atom. The summed E-state index contributed by atoms with van der Waals surface area (Å²) in [7, 11) is -2.66. The molecule has 2 rings (SSSR count). The van der Waals surface area contributed by atoms with Crippen molar-refractivity contribution < 1.29 is 26.0 Å². The Morgan fingerprint density at radius 3 is 2.59 bits per heavy atom. The molecular formula is C13H16F4N2O2S. The van der Waals surface area contributed by atoms with E-state index in [4.69, 9.17) is 0 Å². The van der Waals surface area contributed by atoms with Gasteiger partial charge in [0.25, 0.3) is 0 Å². The van der Waals surface area contributed by atoms with Gasteiger partial charge in [0, 0.05) is 19.1 Å². The van der Waals surface area contributed by atoms with Crippen LogP contribution in [-0.2, 0) is 16.2 Å². The molecular weight excluding hydrogens is 324 g/mol. The number of likely N-dealkylation sites (N-methyl/N-ethyl adjacent to an activating group) is 1. The van der Waals surface area contributed by atoms with Crippen LogP contribution < -0.4 is 5.32 Å². The van der Waals surface area contributed by atoms with Gasteiger partial charge in [-0.2, -0.15) is 17.5 Å². The number of halogens is 4. The number of hydrogen-bond donors (Lipinski definition) is 1. The summed E-state index contributed by atoms with van der Waals surface area (Å²) < 4.78 is 78.1. The smallest absolute Gasteiger partial charge is 0.316 e. The highest BCUT2D eigenvalue weighted by Gasteiger charge is 2.40. The fraction of sp³-hybridized carbons (Fsp3) is 0.538. The molecule has 124 valence electrons. The van der Waals surface area contributed by atoms with Gasteiger partial charge in [0.2, 0.25) is 10.0 Å². The van der Waals surface area contributed by atoms with Crippen LogP contribution in [0.15, 0.2) is 23.1 Å². The van der Waals surface area contributed by atoms with Gasteiger partial charge >= 0.3 is 6.18 Å². The molecule has 1 fully saturated rings. The first kappa shape index (κ1) is 17.2. The van der Waals surface area contributed by atoms with E-state index in [1.807, 2.05) is 0 Å². The third-order valence-corrected chi connectivity index (χ3v) is 5.58. The molecule has 1 N–H and O–H groups in total. The standard InChI is InChI=1S/C13H16F4N2O2S/c1-18-10-3-2-6-19(8-10)22(20,21)12-5-4-9(14)7-11(12)13(15,16)17/h4-5,7,10,18H,2-3,6,8H2,1H3. The molecule has 1 aromatic rings. The summed E-state index contributed by atoms with van der Waals surface area (Å²) in [5.41, 5.74) is -1.47. The number of alkyl halides is 3. The first-order valence-corrected chi connectivity index (χ1v) is 8.14. The number of benzene rings is 1. The van der Waals surface area contributed by atoms with Crippen LogP contribution in [0.4, 0.5) is 17.6 Å². The molecule has 0 spiro atoms. The van der Waals surface area contributed by atoms with Crippen LogP contribution in [-0.4, -0.2) is 38.9 Å². The molecule has 1 aliphatic rings. The summed E-state index contributed by atoms with van der Waals surface area (Å²) in [5, 5.41) is 2.92. The van der Waals surface area contributed by atoms with Crippen LogP contribution in [0.25, 0.3) is 0 Å². The zero-order valence-electron chi connectivity index (χ0n) is 11.8. The van der Waals surface area contributed by atoms with Crippen LogP contribution in [0.5, 0.6) is 0 Å². The highest BCUT2D eigenvalue weighted by molar-refractivity contribution is 7.89. The van der Waals surface area contributed by atoms with Crippen molar-refractivity contribution in [3.8, 4) is 0 Å². The number of nitrogens with zero attached hydrogens (tertiary/aromatic N) is 1. The molecule has 1 aromatic carbocycles. The Kier molecular flexibility index (Phi) is 4.78. The minimum absolute atomic E-state index is 0.0908. The molecule has 9 heteroatoms. The summed E-state index contributed by atoms with van der Waals surface area (Å²) in [6, 6.07) is 1.50. The van der Waals surface area contributed by atoms with Gasteiger partial charge in [-0.3, -0.25) is 0 Å². The van der Waals surface area contributed by atoms with Gasteiger partial charge in [-0.1, -0.05) is 0 Å². The van der Waals surface area contributed by atoms with E-state index >= 15 is 0 Å². The first-order chi connectivity index (χ1) is 10.2. The number of sulfonamides is 1. The van der Waals surface area contributed by atoms with Crippen molar-refractivity contribution in [3.05, 3.63) is 29.6 Å². The third kappa shape index (κ3) is 3.41. The summed E-state index contributed by atoms with van der Waals surface area (Å²) in [5.74, 6) is -1.13. The van der Waals surface area contributed by atoms with Crippen LogP contribution in [0, 0.1) is 5.82 Å². The van der Waals surface area contributed by atoms with Crippen molar-refractivity contribution in [1.82, 2.24) is 9.62 Å². The van der Waals surface area contributed by atoms with Crippen LogP contribution in [0.3, 0.4) is 0 Å². The average Bonchev–Trinajstić information content (AvgIpc) is 2.46. The minimum Gasteiger partial charge on any atom is -0.316 e. The molecule has 0 radical (unpaired) electrons. The second-order valence-corrected chi connectivity index (χ2v) is 7.04. The van der Waals surface area contributed by atoms with E-state index in [1.165, 1.54) is 0 Å². The fourth-order valence-corrected chi connectivity index (χ4v) is 4.20. The molecule has 0 bridgehead atoms. The maximum atomic E-state index is 13.1. The van der Waals surface area contributed by atoms with E-state index in [0.29, 0.717) is 12.5 Å². The van der Waals surface area contributed by atoms with Crippen molar-refractivity contribution in [3.63, 3.8) is 0 Å². The molecule has 0 aliphatic carbocycles. The largest absolute Gasteiger partial charge is 0.417 e. The highest BCUT2D eigenvalue weighted by Crippen LogP contribution is 2.36. The lowest BCUT2D eigenvalue weighted by molar-refractivity contribution is -0.140. The highest BCUT2D eigenvalue weighted by atomic mass is 32.2. The average molecular weight is 340 g/mol. The molecule has 0 aromatic heterocycles. The van der Waals surface area contributed by atoms with E-state index < -0.39 is 32.5 Å². The molecule has 4 nitrogen and oxygen atoms in total. The predicted molar refractivity (Wildman–Crippen MR) is 72.2 cm³/mol. The van der Waals surface area contributed by atoms with E-state index in [1.54, 1.807) is 7.05 Å². The second-order valence-electron chi connectivity index (χ2n) is 5.13. The molecule has 1 atom stereocenters. The van der Waals surface area contributed by atoms with Crippen molar-refractivity contribution in [2.45, 2.75) is 30.0 Å². The van der Waals surface area contributed by atoms with E-state index in [9.17, 15) is 26.0 Å². The maximum Gasteiger partial charge on any atom is 0.417 e. The lowest BCUT2D eigenvalue weighted by Crippen LogP contribution is -2.47. The molecule has 1 unspecified atom stereocenters. The van der Waals surface area contributed by atoms with Gasteiger partial charge in [0.1, 0.15) is 5.82 Å². The first-order valence-electron chi connectivity index (χ1n) is 6.70. The van der Waals surface area contributed by atoms with E-state index in [-0.39, 0.29) is 25.2 Å². The van der Waals surface area contributed by atoms with Crippen molar-refractivity contribution in [2.75, 3.05) is 20.1 Å². The Bertz CT molecular complexity index is 646. The van der Waals surface area contributed by atoms with Crippen molar-refractivity contribution in [2.24, 2.45) is 0 Å². The summed E-state index contributed by atoms with van der Waals surface area (Å²) in [6.45, 7) is 0.239. The Morgan fingerprint density at radius 1 is 1.32 bits per heavy atom. The monoisotopic (exact) mass is 340 g/mol. The van der Waals surface area contributed by atoms with Crippen LogP contribution in [0.1, 0.15) is 18.4 Å². The molecule has 0 amide bonds. The molecule has 1 aliphatic heterocycles. The Balaban J connectivity index is 2.46. The number of nitrogens with one attached hydrogen (secondary N) is 1. The lowest BCUT2D eigenvalue weighted by atomic mass is 10.1. The quantitative estimate of drug-likeness (QED) is 0.859. The SMILES string of the molecule is CNC1CCCN(S(=O)(=O)c2ccc(F)cc2C(F)(F)F)C1. The van der Waals surface area contributed by atoms with Gasteiger partial charge in [-0.25, -0.2) is 12.8 Å². The maximum absolute atomic E-state index is 13.1. The van der Waals surface area contributed by atoms with Crippen LogP contribution >= 0.6 is 0 Å². The van der Waals surface area contributed by atoms with Crippen molar-refractivity contribution in [1.29, 1.82) is 0 Å². The number of hydrogen-bond acceptors (Lipinski definition) is 3. The summed E-state index contributed by atoms with van der Waals surface area (Å²) in [4.78, 5) is -0.904. The second kappa shape index (κ2) is 6.13. The Labute approximate surface area is 126 Å². The molecule has 1 heterocycles. The zero-order valence-corrected chi connectivity index (χ0v) is 12.6. The summed E-state index contributed by atoms with van der Waals surface area (Å²) >= 11 is 0. The van der Waals surface area contributed by atoms with Crippen molar-refractivity contribution >= 4 is 10.0 Å². The number of piperidine rings is 1. The molecule has 0 saturated carbocycles. The molecule has 22 heavy (non-hydrogen) atoms. The third-order valence-electron chi connectivity index (χ3n) is 3.66. The van der Waals surface area contributed by atoms with Crippen LogP contribution in [0.2, 0.25) is 0 Å². The van der Waals surface area contributed by atoms with Gasteiger partial charge in [0.15, 0.2) is 0 Å². The van der Waals surface area contributed by atoms with Gasteiger partial charge < -0.3 is 5.32 Å². The Hall–Kier alpha value is -1.19. The normalized spacial score (nSPS) is 21.0. The topological polar surface area (TPSA) is 49.4 Å². The zero-order chi connectivity index (χ0) is 16.5. The minimum atomic E-state index is -4.94. The fourth-order valence-electron chi connectivity index (χ4n) is 2.48. The van der Waals surface area contributed by atoms with Gasteiger partial charge in [0.05, 0.1) is 10.5 Å². The van der Waals surface area contributed by atoms with Gasteiger partial charge in [-0.15, -0.1) is 0 Å². The van der Waals surface area contributed by atoms with Gasteiger partial charge in [-0.05, 0) is 38.1 Å². The predicted octanol–water partition coefficient (Wildman–Crippen LogP) is 2.22. The number of rotatable bonds is 3. The lowest BCUT2D eigenvalue weighted by Gasteiger charge is -2.32. The molecule has 1 saturated heterocycles. The summed E-state index contributed by atoms with van der Waals surface area (Å²) in [6.07, 6.45) is -3.64. The van der Waals surface area contributed by atoms with E-state index in [0.717, 1.165) is 16.8 Å².